The van der Waals surface area contributed by atoms with Crippen LogP contribution in [0.2, 0.25) is 0 Å². The summed E-state index contributed by atoms with van der Waals surface area (Å²) in [7, 11) is 0. The number of nitrogens with one attached hydrogen (secondary N) is 1. The lowest BCUT2D eigenvalue weighted by molar-refractivity contribution is -0.138. The molecule has 2 N–H and O–H groups in total. The Morgan fingerprint density at radius 1 is 1.20 bits per heavy atom. The number of aryl methyl sites for hydroxylation is 1. The number of rotatable bonds is 3. The summed E-state index contributed by atoms with van der Waals surface area (Å²) in [5.41, 5.74) is 3.79. The summed E-state index contributed by atoms with van der Waals surface area (Å²) in [4.78, 5) is 15.3. The van der Waals surface area contributed by atoms with Gasteiger partial charge >= 0.3 is 0 Å². The van der Waals surface area contributed by atoms with Gasteiger partial charge in [0.05, 0.1) is 5.54 Å². The van der Waals surface area contributed by atoms with E-state index in [2.05, 4.69) is 34.5 Å². The van der Waals surface area contributed by atoms with Gasteiger partial charge in [-0.05, 0) is 55.9 Å². The number of benzene rings is 2. The average molecular weight is 336 g/mol. The third-order valence-electron chi connectivity index (χ3n) is 5.90. The molecule has 0 bridgehead atoms. The molecule has 2 aromatic rings. The number of hydrogen-bond acceptors (Lipinski definition) is 3. The molecule has 4 heteroatoms. The van der Waals surface area contributed by atoms with Gasteiger partial charge < -0.3 is 10.4 Å². The van der Waals surface area contributed by atoms with Crippen molar-refractivity contribution in [3.63, 3.8) is 0 Å². The molecule has 1 atom stereocenters. The third-order valence-corrected chi connectivity index (χ3v) is 5.90. The van der Waals surface area contributed by atoms with Gasteiger partial charge in [0, 0.05) is 24.3 Å². The number of nitrogens with zero attached hydrogens (tertiary/aromatic N) is 1. The lowest BCUT2D eigenvalue weighted by atomic mass is 9.83. The molecule has 0 aromatic heterocycles. The SMILES string of the molecule is Cc1ccc(NC(=O)C2(C)CCN2C2Cc3ccccc3C2)cc1O. The topological polar surface area (TPSA) is 52.6 Å². The van der Waals surface area contributed by atoms with Crippen LogP contribution in [-0.2, 0) is 17.6 Å². The molecule has 4 nitrogen and oxygen atoms in total. The van der Waals surface area contributed by atoms with E-state index in [1.165, 1.54) is 11.1 Å². The number of amides is 1. The van der Waals surface area contributed by atoms with Crippen LogP contribution in [0.25, 0.3) is 0 Å². The van der Waals surface area contributed by atoms with Gasteiger partial charge in [-0.3, -0.25) is 9.69 Å². The van der Waals surface area contributed by atoms with Crippen LogP contribution in [0, 0.1) is 6.92 Å². The highest BCUT2D eigenvalue weighted by molar-refractivity contribution is 5.98. The van der Waals surface area contributed by atoms with Crippen molar-refractivity contribution >= 4 is 11.6 Å². The number of fused-ring (bicyclic) bond motifs is 1. The van der Waals surface area contributed by atoms with Gasteiger partial charge in [-0.15, -0.1) is 0 Å². The maximum Gasteiger partial charge on any atom is 0.244 e. The van der Waals surface area contributed by atoms with Gasteiger partial charge in [-0.1, -0.05) is 30.3 Å². The van der Waals surface area contributed by atoms with E-state index in [4.69, 9.17) is 0 Å². The van der Waals surface area contributed by atoms with E-state index >= 15 is 0 Å². The van der Waals surface area contributed by atoms with Crippen LogP contribution in [0.15, 0.2) is 42.5 Å². The van der Waals surface area contributed by atoms with Crippen LogP contribution >= 0.6 is 0 Å². The Kier molecular flexibility index (Phi) is 3.80. The predicted molar refractivity (Wildman–Crippen MR) is 98.8 cm³/mol. The zero-order valence-electron chi connectivity index (χ0n) is 14.7. The number of phenols is 1. The Bertz CT molecular complexity index is 807. The highest BCUT2D eigenvalue weighted by atomic mass is 16.3. The molecule has 0 radical (unpaired) electrons. The molecule has 2 aromatic carbocycles. The Balaban J connectivity index is 1.48. The number of phenolic OH excluding ortho intramolecular Hbond substituents is 1. The molecule has 0 spiro atoms. The largest absolute Gasteiger partial charge is 0.508 e. The van der Waals surface area contributed by atoms with Crippen LogP contribution in [0.5, 0.6) is 5.75 Å². The summed E-state index contributed by atoms with van der Waals surface area (Å²) >= 11 is 0. The highest BCUT2D eigenvalue weighted by Crippen LogP contribution is 2.38. The van der Waals surface area contributed by atoms with Gasteiger partial charge in [-0.2, -0.15) is 0 Å². The summed E-state index contributed by atoms with van der Waals surface area (Å²) in [6.45, 7) is 4.83. The molecule has 1 heterocycles. The minimum atomic E-state index is -0.479. The number of anilines is 1. The highest BCUT2D eigenvalue weighted by Gasteiger charge is 2.50. The molecule has 130 valence electrons. The minimum Gasteiger partial charge on any atom is -0.508 e. The number of aromatic hydroxyl groups is 1. The molecule has 0 saturated carbocycles. The molecular weight excluding hydrogens is 312 g/mol. The van der Waals surface area contributed by atoms with E-state index in [1.54, 1.807) is 6.07 Å². The minimum absolute atomic E-state index is 0.0120. The second kappa shape index (κ2) is 5.88. The van der Waals surface area contributed by atoms with Crippen LogP contribution in [0.1, 0.15) is 30.0 Å². The van der Waals surface area contributed by atoms with E-state index in [0.717, 1.165) is 31.4 Å². The maximum atomic E-state index is 12.9. The lowest BCUT2D eigenvalue weighted by Gasteiger charge is -2.52. The maximum absolute atomic E-state index is 12.9. The first kappa shape index (κ1) is 16.2. The number of carbonyl (C=O) groups is 1. The van der Waals surface area contributed by atoms with Crippen molar-refractivity contribution in [1.82, 2.24) is 4.90 Å². The molecule has 1 unspecified atom stereocenters. The van der Waals surface area contributed by atoms with E-state index in [-0.39, 0.29) is 11.7 Å². The van der Waals surface area contributed by atoms with Crippen molar-refractivity contribution < 1.29 is 9.90 Å². The van der Waals surface area contributed by atoms with Gasteiger partial charge in [-0.25, -0.2) is 0 Å². The molecule has 25 heavy (non-hydrogen) atoms. The zero-order chi connectivity index (χ0) is 17.6. The molecule has 1 aliphatic carbocycles. The van der Waals surface area contributed by atoms with Crippen molar-refractivity contribution in [3.8, 4) is 5.75 Å². The van der Waals surface area contributed by atoms with Crippen molar-refractivity contribution in [2.75, 3.05) is 11.9 Å². The van der Waals surface area contributed by atoms with Crippen LogP contribution in [-0.4, -0.2) is 34.0 Å². The van der Waals surface area contributed by atoms with E-state index in [9.17, 15) is 9.90 Å². The summed E-state index contributed by atoms with van der Waals surface area (Å²) < 4.78 is 0. The third kappa shape index (κ3) is 2.71. The Morgan fingerprint density at radius 2 is 1.88 bits per heavy atom. The van der Waals surface area contributed by atoms with E-state index < -0.39 is 5.54 Å². The summed E-state index contributed by atoms with van der Waals surface area (Å²) in [6.07, 6.45) is 2.90. The van der Waals surface area contributed by atoms with Crippen molar-refractivity contribution in [2.24, 2.45) is 0 Å². The molecule has 1 fully saturated rings. The second-order valence-corrected chi connectivity index (χ2v) is 7.50. The Morgan fingerprint density at radius 3 is 2.44 bits per heavy atom. The molecular formula is C21H24N2O2. The fourth-order valence-corrected chi connectivity index (χ4v) is 4.11. The van der Waals surface area contributed by atoms with E-state index in [0.29, 0.717) is 11.7 Å². The monoisotopic (exact) mass is 336 g/mol. The number of carbonyl (C=O) groups excluding carboxylic acids is 1. The zero-order valence-corrected chi connectivity index (χ0v) is 14.7. The molecule has 1 saturated heterocycles. The fourth-order valence-electron chi connectivity index (χ4n) is 4.11. The summed E-state index contributed by atoms with van der Waals surface area (Å²) in [6, 6.07) is 14.2. The van der Waals surface area contributed by atoms with Crippen LogP contribution < -0.4 is 5.32 Å². The van der Waals surface area contributed by atoms with Crippen LogP contribution in [0.3, 0.4) is 0 Å². The molecule has 4 rings (SSSR count). The molecule has 1 aliphatic heterocycles. The van der Waals surface area contributed by atoms with Gasteiger partial charge in [0.2, 0.25) is 5.91 Å². The second-order valence-electron chi connectivity index (χ2n) is 7.50. The average Bonchev–Trinajstić information content (AvgIpc) is 2.99. The Labute approximate surface area is 148 Å². The first-order valence-electron chi connectivity index (χ1n) is 8.92. The van der Waals surface area contributed by atoms with E-state index in [1.807, 2.05) is 26.0 Å². The normalized spacial score (nSPS) is 23.1. The van der Waals surface area contributed by atoms with Crippen molar-refractivity contribution in [3.05, 3.63) is 59.2 Å². The Hall–Kier alpha value is -2.33. The quantitative estimate of drug-likeness (QED) is 0.904. The van der Waals surface area contributed by atoms with Crippen LogP contribution in [0.4, 0.5) is 5.69 Å². The molecule has 2 aliphatic rings. The van der Waals surface area contributed by atoms with Gasteiger partial charge in [0.1, 0.15) is 5.75 Å². The number of hydrogen-bond donors (Lipinski definition) is 2. The number of likely N-dealkylation sites (tertiary alicyclic amines) is 1. The first-order chi connectivity index (χ1) is 12.0. The van der Waals surface area contributed by atoms with Gasteiger partial charge in [0.15, 0.2) is 0 Å². The van der Waals surface area contributed by atoms with Crippen molar-refractivity contribution in [1.29, 1.82) is 0 Å². The van der Waals surface area contributed by atoms with Crippen molar-refractivity contribution in [2.45, 2.75) is 44.7 Å². The summed E-state index contributed by atoms with van der Waals surface area (Å²) in [5, 5.41) is 12.8. The summed E-state index contributed by atoms with van der Waals surface area (Å²) in [5.74, 6) is 0.220. The fraction of sp³-hybridized carbons (Fsp3) is 0.381. The molecule has 1 amide bonds. The lowest BCUT2D eigenvalue weighted by Crippen LogP contribution is -2.67. The first-order valence-corrected chi connectivity index (χ1v) is 8.92. The van der Waals surface area contributed by atoms with Gasteiger partial charge in [0.25, 0.3) is 0 Å². The smallest absolute Gasteiger partial charge is 0.244 e. The predicted octanol–water partition coefficient (Wildman–Crippen LogP) is 3.27. The standard InChI is InChI=1S/C21H24N2O2/c1-14-7-8-17(13-19(14)24)22-20(25)21(2)9-10-23(21)18-11-15-5-3-4-6-16(15)12-18/h3-8,13,18,24H,9-12H2,1-2H3,(H,22,25).